The molecular formula is C20H18N4O5. The van der Waals surface area contributed by atoms with Crippen LogP contribution in [0.25, 0.3) is 21.9 Å². The molecule has 29 heavy (non-hydrogen) atoms. The molecule has 0 unspecified atom stereocenters. The number of aromatic nitrogens is 3. The molecule has 0 amide bonds. The monoisotopic (exact) mass is 394 g/mol. The van der Waals surface area contributed by atoms with Gasteiger partial charge in [0.05, 0.1) is 38.6 Å². The fourth-order valence-corrected chi connectivity index (χ4v) is 3.09. The van der Waals surface area contributed by atoms with Crippen LogP contribution in [0.1, 0.15) is 5.56 Å². The van der Waals surface area contributed by atoms with Crippen molar-refractivity contribution in [2.24, 2.45) is 5.10 Å². The Kier molecular flexibility index (Phi) is 4.55. The number of hydrogen-bond acceptors (Lipinski definition) is 6. The first-order valence-electron chi connectivity index (χ1n) is 8.67. The van der Waals surface area contributed by atoms with Crippen LogP contribution < -0.4 is 25.5 Å². The molecule has 0 fully saturated rings. The maximum atomic E-state index is 12.9. The number of fused-ring (bicyclic) bond motifs is 3. The molecule has 9 heteroatoms. The lowest BCUT2D eigenvalue weighted by Crippen LogP contribution is -2.32. The standard InChI is InChI=1S/C20H18N4O5/c1-27-12-6-4-11(5-7-12)10-21-24-19(25)18-17(23-20(24)26)13-8-15(28-2)16(29-3)9-14(13)22-18/h4-10,22H,1-3H3,(H,23,26)/b21-10+. The number of aromatic amines is 2. The smallest absolute Gasteiger partial charge is 0.350 e. The minimum Gasteiger partial charge on any atom is -0.497 e. The zero-order chi connectivity index (χ0) is 20.5. The summed E-state index contributed by atoms with van der Waals surface area (Å²) in [6, 6.07) is 10.5. The maximum absolute atomic E-state index is 12.9. The third-order valence-electron chi connectivity index (χ3n) is 4.57. The van der Waals surface area contributed by atoms with E-state index < -0.39 is 11.2 Å². The van der Waals surface area contributed by atoms with E-state index in [1.165, 1.54) is 20.4 Å². The number of benzene rings is 2. The van der Waals surface area contributed by atoms with Gasteiger partial charge in [-0.3, -0.25) is 4.79 Å². The summed E-state index contributed by atoms with van der Waals surface area (Å²) in [5, 5.41) is 4.68. The van der Waals surface area contributed by atoms with Crippen molar-refractivity contribution in [1.82, 2.24) is 14.6 Å². The second-order valence-electron chi connectivity index (χ2n) is 6.19. The molecule has 148 valence electrons. The molecule has 0 bridgehead atoms. The Hall–Kier alpha value is -4.01. The SMILES string of the molecule is COc1ccc(/C=N/n2c(=O)[nH]c3c([nH]c4cc(OC)c(OC)cc43)c2=O)cc1. The molecule has 4 rings (SSSR count). The molecule has 0 radical (unpaired) electrons. The first-order valence-corrected chi connectivity index (χ1v) is 8.67. The molecule has 0 saturated carbocycles. The Morgan fingerprint density at radius 3 is 2.24 bits per heavy atom. The predicted molar refractivity (Wildman–Crippen MR) is 110 cm³/mol. The highest BCUT2D eigenvalue weighted by Crippen LogP contribution is 2.34. The number of rotatable bonds is 5. The van der Waals surface area contributed by atoms with E-state index in [1.807, 2.05) is 0 Å². The van der Waals surface area contributed by atoms with Crippen LogP contribution in [0.2, 0.25) is 0 Å². The second-order valence-corrected chi connectivity index (χ2v) is 6.19. The van der Waals surface area contributed by atoms with Gasteiger partial charge in [-0.05, 0) is 35.9 Å². The molecule has 2 aromatic heterocycles. The predicted octanol–water partition coefficient (Wildman–Crippen LogP) is 2.08. The molecule has 0 aliphatic rings. The van der Waals surface area contributed by atoms with Gasteiger partial charge in [-0.2, -0.15) is 5.10 Å². The summed E-state index contributed by atoms with van der Waals surface area (Å²) in [4.78, 5) is 31.1. The molecule has 2 N–H and O–H groups in total. The van der Waals surface area contributed by atoms with Gasteiger partial charge < -0.3 is 24.2 Å². The largest absolute Gasteiger partial charge is 0.497 e. The normalized spacial score (nSPS) is 11.4. The molecule has 0 atom stereocenters. The molecule has 9 nitrogen and oxygen atoms in total. The number of nitrogens with one attached hydrogen (secondary N) is 2. The number of H-pyrrole nitrogens is 2. The van der Waals surface area contributed by atoms with E-state index in [-0.39, 0.29) is 5.52 Å². The summed E-state index contributed by atoms with van der Waals surface area (Å²) in [6.45, 7) is 0. The van der Waals surface area contributed by atoms with Gasteiger partial charge in [0, 0.05) is 11.5 Å². The van der Waals surface area contributed by atoms with Gasteiger partial charge in [0.15, 0.2) is 11.5 Å². The molecular weight excluding hydrogens is 376 g/mol. The maximum Gasteiger partial charge on any atom is 0.350 e. The minimum atomic E-state index is -0.650. The Morgan fingerprint density at radius 2 is 1.59 bits per heavy atom. The zero-order valence-electron chi connectivity index (χ0n) is 16.0. The Balaban J connectivity index is 1.85. The van der Waals surface area contributed by atoms with Crippen molar-refractivity contribution in [3.63, 3.8) is 0 Å². The second kappa shape index (κ2) is 7.19. The third-order valence-corrected chi connectivity index (χ3v) is 4.57. The fraction of sp³-hybridized carbons (Fsp3) is 0.150. The Labute approximate surface area is 164 Å². The highest BCUT2D eigenvalue weighted by molar-refractivity contribution is 6.05. The molecule has 0 saturated heterocycles. The summed E-state index contributed by atoms with van der Waals surface area (Å²) in [6.07, 6.45) is 1.43. The molecule has 0 aliphatic carbocycles. The topological polar surface area (TPSA) is 111 Å². The highest BCUT2D eigenvalue weighted by Gasteiger charge is 2.15. The van der Waals surface area contributed by atoms with Gasteiger partial charge >= 0.3 is 11.2 Å². The van der Waals surface area contributed by atoms with Gasteiger partial charge in [0.25, 0.3) is 0 Å². The average Bonchev–Trinajstić information content (AvgIpc) is 3.10. The van der Waals surface area contributed by atoms with E-state index in [9.17, 15) is 9.59 Å². The van der Waals surface area contributed by atoms with Crippen LogP contribution in [0.3, 0.4) is 0 Å². The van der Waals surface area contributed by atoms with E-state index in [0.29, 0.717) is 39.2 Å². The summed E-state index contributed by atoms with van der Waals surface area (Å²) in [5.41, 5.74) is 0.727. The summed E-state index contributed by atoms with van der Waals surface area (Å²) in [5.74, 6) is 1.69. The lowest BCUT2D eigenvalue weighted by molar-refractivity contribution is 0.356. The van der Waals surface area contributed by atoms with Crippen LogP contribution in [-0.4, -0.2) is 42.2 Å². The van der Waals surface area contributed by atoms with Gasteiger partial charge in [-0.1, -0.05) is 0 Å². The van der Waals surface area contributed by atoms with Crippen molar-refractivity contribution < 1.29 is 14.2 Å². The van der Waals surface area contributed by atoms with Crippen LogP contribution >= 0.6 is 0 Å². The van der Waals surface area contributed by atoms with Crippen molar-refractivity contribution in [1.29, 1.82) is 0 Å². The van der Waals surface area contributed by atoms with Gasteiger partial charge in [0.1, 0.15) is 11.3 Å². The zero-order valence-corrected chi connectivity index (χ0v) is 16.0. The number of methoxy groups -OCH3 is 3. The summed E-state index contributed by atoms with van der Waals surface area (Å²) in [7, 11) is 4.61. The highest BCUT2D eigenvalue weighted by atomic mass is 16.5. The van der Waals surface area contributed by atoms with E-state index in [4.69, 9.17) is 14.2 Å². The van der Waals surface area contributed by atoms with Crippen molar-refractivity contribution >= 4 is 28.2 Å². The minimum absolute atomic E-state index is 0.224. The van der Waals surface area contributed by atoms with E-state index in [1.54, 1.807) is 43.5 Å². The van der Waals surface area contributed by atoms with E-state index >= 15 is 0 Å². The van der Waals surface area contributed by atoms with E-state index in [0.717, 1.165) is 4.68 Å². The summed E-state index contributed by atoms with van der Waals surface area (Å²) >= 11 is 0. The average molecular weight is 394 g/mol. The molecule has 2 aromatic carbocycles. The van der Waals surface area contributed by atoms with Gasteiger partial charge in [0.2, 0.25) is 0 Å². The van der Waals surface area contributed by atoms with Crippen molar-refractivity contribution in [3.05, 3.63) is 62.8 Å². The van der Waals surface area contributed by atoms with Crippen molar-refractivity contribution in [2.75, 3.05) is 21.3 Å². The Morgan fingerprint density at radius 1 is 0.897 bits per heavy atom. The van der Waals surface area contributed by atoms with Gasteiger partial charge in [-0.15, -0.1) is 4.68 Å². The lowest BCUT2D eigenvalue weighted by Gasteiger charge is -2.06. The first kappa shape index (κ1) is 18.4. The van der Waals surface area contributed by atoms with Gasteiger partial charge in [-0.25, -0.2) is 4.79 Å². The van der Waals surface area contributed by atoms with Crippen LogP contribution in [0.5, 0.6) is 17.2 Å². The summed E-state index contributed by atoms with van der Waals surface area (Å²) < 4.78 is 16.5. The van der Waals surface area contributed by atoms with Crippen LogP contribution in [-0.2, 0) is 0 Å². The molecule has 4 aromatic rings. The first-order chi connectivity index (χ1) is 14.0. The molecule has 0 aliphatic heterocycles. The third kappa shape index (κ3) is 3.12. The molecule has 2 heterocycles. The van der Waals surface area contributed by atoms with E-state index in [2.05, 4.69) is 15.1 Å². The number of nitrogens with zero attached hydrogens (tertiary/aromatic N) is 2. The molecule has 0 spiro atoms. The lowest BCUT2D eigenvalue weighted by atomic mass is 10.2. The Bertz CT molecular complexity index is 1350. The van der Waals surface area contributed by atoms with Crippen LogP contribution in [0.15, 0.2) is 51.1 Å². The number of ether oxygens (including phenoxy) is 3. The van der Waals surface area contributed by atoms with Crippen LogP contribution in [0, 0.1) is 0 Å². The van der Waals surface area contributed by atoms with Crippen molar-refractivity contribution in [2.45, 2.75) is 0 Å². The quantitative estimate of drug-likeness (QED) is 0.504. The van der Waals surface area contributed by atoms with Crippen molar-refractivity contribution in [3.8, 4) is 17.2 Å². The fourth-order valence-electron chi connectivity index (χ4n) is 3.09. The van der Waals surface area contributed by atoms with Crippen LogP contribution in [0.4, 0.5) is 0 Å². The number of hydrogen-bond donors (Lipinski definition) is 2.